The number of hydrogen-bond donors (Lipinski definition) is 1. The molecule has 1 atom stereocenters. The Balaban J connectivity index is 2.88. The highest BCUT2D eigenvalue weighted by molar-refractivity contribution is 5.71. The standard InChI is InChI=1S/C11H13NO6/c1-7(11(13)14)18-6-8-5-9(12(15)16)3-4-10(8)17-2/h3-5,7H,6H2,1-2H3,(H,13,14). The number of nitrogens with zero attached hydrogens (tertiary/aromatic N) is 1. The van der Waals surface area contributed by atoms with Gasteiger partial charge >= 0.3 is 5.97 Å². The highest BCUT2D eigenvalue weighted by Gasteiger charge is 2.15. The van der Waals surface area contributed by atoms with Gasteiger partial charge in [0.05, 0.1) is 18.6 Å². The van der Waals surface area contributed by atoms with Crippen molar-refractivity contribution >= 4 is 11.7 Å². The Morgan fingerprint density at radius 3 is 2.72 bits per heavy atom. The molecule has 18 heavy (non-hydrogen) atoms. The fourth-order valence-electron chi connectivity index (χ4n) is 1.28. The van der Waals surface area contributed by atoms with Crippen LogP contribution in [0.2, 0.25) is 0 Å². The van der Waals surface area contributed by atoms with Crippen LogP contribution in [0.4, 0.5) is 5.69 Å². The van der Waals surface area contributed by atoms with Crippen LogP contribution in [-0.2, 0) is 16.1 Å². The number of rotatable bonds is 6. The molecule has 0 aromatic heterocycles. The van der Waals surface area contributed by atoms with Crippen LogP contribution in [-0.4, -0.2) is 29.2 Å². The monoisotopic (exact) mass is 255 g/mol. The van der Waals surface area contributed by atoms with Gasteiger partial charge in [-0.3, -0.25) is 10.1 Å². The van der Waals surface area contributed by atoms with Gasteiger partial charge in [0.1, 0.15) is 5.75 Å². The van der Waals surface area contributed by atoms with Gasteiger partial charge in [0.15, 0.2) is 6.10 Å². The predicted molar refractivity (Wildman–Crippen MR) is 61.5 cm³/mol. The molecule has 0 spiro atoms. The predicted octanol–water partition coefficient (Wildman–Crippen LogP) is 1.59. The second-order valence-corrected chi connectivity index (χ2v) is 3.54. The lowest BCUT2D eigenvalue weighted by Gasteiger charge is -2.11. The van der Waals surface area contributed by atoms with Crippen LogP contribution in [0.15, 0.2) is 18.2 Å². The molecule has 0 heterocycles. The number of nitro benzene ring substituents is 1. The van der Waals surface area contributed by atoms with Crippen molar-refractivity contribution < 1.29 is 24.3 Å². The van der Waals surface area contributed by atoms with Crippen LogP contribution in [0.1, 0.15) is 12.5 Å². The number of carboxylic acids is 1. The molecule has 0 fully saturated rings. The van der Waals surface area contributed by atoms with Gasteiger partial charge in [-0.25, -0.2) is 4.79 Å². The number of nitro groups is 1. The van der Waals surface area contributed by atoms with Gasteiger partial charge < -0.3 is 14.6 Å². The molecule has 7 nitrogen and oxygen atoms in total. The molecule has 0 saturated heterocycles. The summed E-state index contributed by atoms with van der Waals surface area (Å²) in [5.74, 6) is -0.683. The molecule has 1 aromatic rings. The van der Waals surface area contributed by atoms with Crippen LogP contribution in [0, 0.1) is 10.1 Å². The molecular weight excluding hydrogens is 242 g/mol. The molecular formula is C11H13NO6. The number of methoxy groups -OCH3 is 1. The Morgan fingerprint density at radius 2 is 2.22 bits per heavy atom. The molecule has 7 heteroatoms. The zero-order valence-corrected chi connectivity index (χ0v) is 9.95. The minimum Gasteiger partial charge on any atom is -0.496 e. The quantitative estimate of drug-likeness (QED) is 0.612. The summed E-state index contributed by atoms with van der Waals surface area (Å²) in [6, 6.07) is 4.05. The number of benzene rings is 1. The number of carboxylic acid groups (broad SMARTS) is 1. The molecule has 0 aliphatic heterocycles. The third-order valence-electron chi connectivity index (χ3n) is 2.31. The van der Waals surface area contributed by atoms with Crippen LogP contribution in [0.5, 0.6) is 5.75 Å². The molecule has 1 unspecified atom stereocenters. The Labute approximate surface area is 103 Å². The van der Waals surface area contributed by atoms with E-state index in [9.17, 15) is 14.9 Å². The van der Waals surface area contributed by atoms with Crippen molar-refractivity contribution in [2.45, 2.75) is 19.6 Å². The van der Waals surface area contributed by atoms with E-state index in [0.717, 1.165) is 0 Å². The first-order chi connectivity index (χ1) is 8.45. The zero-order valence-electron chi connectivity index (χ0n) is 9.95. The number of ether oxygens (including phenoxy) is 2. The molecule has 1 aromatic carbocycles. The number of non-ortho nitro benzene ring substituents is 1. The van der Waals surface area contributed by atoms with Crippen molar-refractivity contribution in [2.24, 2.45) is 0 Å². The van der Waals surface area contributed by atoms with Crippen molar-refractivity contribution in [2.75, 3.05) is 7.11 Å². The normalized spacial score (nSPS) is 11.9. The number of hydrogen-bond acceptors (Lipinski definition) is 5. The molecule has 1 rings (SSSR count). The minimum absolute atomic E-state index is 0.0711. The summed E-state index contributed by atoms with van der Waals surface area (Å²) >= 11 is 0. The van der Waals surface area contributed by atoms with E-state index in [-0.39, 0.29) is 12.3 Å². The summed E-state index contributed by atoms with van der Waals surface area (Å²) in [5.41, 5.74) is 0.331. The highest BCUT2D eigenvalue weighted by atomic mass is 16.6. The van der Waals surface area contributed by atoms with Gasteiger partial charge in [-0.05, 0) is 13.0 Å². The van der Waals surface area contributed by atoms with Crippen molar-refractivity contribution in [3.05, 3.63) is 33.9 Å². The maximum Gasteiger partial charge on any atom is 0.332 e. The number of aliphatic carboxylic acids is 1. The SMILES string of the molecule is COc1ccc([N+](=O)[O-])cc1COC(C)C(=O)O. The summed E-state index contributed by atoms with van der Waals surface area (Å²) in [6.45, 7) is 1.31. The summed E-state index contributed by atoms with van der Waals surface area (Å²) in [6.07, 6.45) is -0.992. The van der Waals surface area contributed by atoms with E-state index in [1.54, 1.807) is 0 Å². The maximum absolute atomic E-state index is 10.6. The lowest BCUT2D eigenvalue weighted by Crippen LogP contribution is -2.19. The summed E-state index contributed by atoms with van der Waals surface area (Å²) in [5, 5.41) is 19.3. The van der Waals surface area contributed by atoms with Crippen molar-refractivity contribution in [3.8, 4) is 5.75 Å². The molecule has 0 bridgehead atoms. The van der Waals surface area contributed by atoms with Crippen LogP contribution in [0.25, 0.3) is 0 Å². The minimum atomic E-state index is -1.10. The molecule has 0 aliphatic carbocycles. The van der Waals surface area contributed by atoms with E-state index in [4.69, 9.17) is 14.6 Å². The molecule has 0 saturated carbocycles. The van der Waals surface area contributed by atoms with Crippen LogP contribution in [0.3, 0.4) is 0 Å². The van der Waals surface area contributed by atoms with Gasteiger partial charge in [-0.15, -0.1) is 0 Å². The second kappa shape index (κ2) is 5.97. The smallest absolute Gasteiger partial charge is 0.332 e. The van der Waals surface area contributed by atoms with E-state index < -0.39 is 17.0 Å². The second-order valence-electron chi connectivity index (χ2n) is 3.54. The average molecular weight is 255 g/mol. The topological polar surface area (TPSA) is 98.9 Å². The lowest BCUT2D eigenvalue weighted by atomic mass is 10.2. The van der Waals surface area contributed by atoms with E-state index in [0.29, 0.717) is 11.3 Å². The third-order valence-corrected chi connectivity index (χ3v) is 2.31. The summed E-state index contributed by atoms with van der Waals surface area (Å²) in [4.78, 5) is 20.7. The first-order valence-corrected chi connectivity index (χ1v) is 5.11. The van der Waals surface area contributed by atoms with Gasteiger partial charge in [0.25, 0.3) is 5.69 Å². The van der Waals surface area contributed by atoms with E-state index in [1.807, 2.05) is 0 Å². The van der Waals surface area contributed by atoms with Crippen LogP contribution >= 0.6 is 0 Å². The van der Waals surface area contributed by atoms with Crippen molar-refractivity contribution in [1.29, 1.82) is 0 Å². The molecule has 98 valence electrons. The van der Waals surface area contributed by atoms with E-state index >= 15 is 0 Å². The molecule has 1 N–H and O–H groups in total. The van der Waals surface area contributed by atoms with Crippen molar-refractivity contribution in [3.63, 3.8) is 0 Å². The van der Waals surface area contributed by atoms with Gasteiger partial charge in [-0.2, -0.15) is 0 Å². The summed E-state index contributed by atoms with van der Waals surface area (Å²) < 4.78 is 10.1. The van der Waals surface area contributed by atoms with Gasteiger partial charge in [-0.1, -0.05) is 0 Å². The largest absolute Gasteiger partial charge is 0.496 e. The van der Waals surface area contributed by atoms with Gasteiger partial charge in [0, 0.05) is 17.7 Å². The lowest BCUT2D eigenvalue weighted by molar-refractivity contribution is -0.385. The van der Waals surface area contributed by atoms with E-state index in [2.05, 4.69) is 0 Å². The first-order valence-electron chi connectivity index (χ1n) is 5.11. The average Bonchev–Trinajstić information content (AvgIpc) is 2.35. The van der Waals surface area contributed by atoms with Gasteiger partial charge in [0.2, 0.25) is 0 Å². The Bertz CT molecular complexity index is 459. The number of carbonyl (C=O) groups is 1. The Kier molecular flexibility index (Phi) is 4.61. The fraction of sp³-hybridized carbons (Fsp3) is 0.364. The third kappa shape index (κ3) is 3.42. The maximum atomic E-state index is 10.6. The van der Waals surface area contributed by atoms with E-state index in [1.165, 1.54) is 32.2 Å². The molecule has 0 radical (unpaired) electrons. The fourth-order valence-corrected chi connectivity index (χ4v) is 1.28. The van der Waals surface area contributed by atoms with Crippen LogP contribution < -0.4 is 4.74 Å². The van der Waals surface area contributed by atoms with Crippen molar-refractivity contribution in [1.82, 2.24) is 0 Å². The Morgan fingerprint density at radius 1 is 1.56 bits per heavy atom. The first kappa shape index (κ1) is 13.9. The Hall–Kier alpha value is -2.15. The highest BCUT2D eigenvalue weighted by Crippen LogP contribution is 2.24. The molecule has 0 amide bonds. The molecule has 0 aliphatic rings. The summed E-state index contributed by atoms with van der Waals surface area (Å²) in [7, 11) is 1.42. The zero-order chi connectivity index (χ0) is 13.7.